The summed E-state index contributed by atoms with van der Waals surface area (Å²) in [6.45, 7) is 3.95. The highest BCUT2D eigenvalue weighted by Crippen LogP contribution is 2.39. The van der Waals surface area contributed by atoms with Gasteiger partial charge in [0.1, 0.15) is 17.5 Å². The van der Waals surface area contributed by atoms with E-state index in [0.717, 1.165) is 5.56 Å². The first kappa shape index (κ1) is 27.7. The lowest BCUT2D eigenvalue weighted by molar-refractivity contribution is -0.146. The van der Waals surface area contributed by atoms with Crippen molar-refractivity contribution in [3.63, 3.8) is 0 Å². The van der Waals surface area contributed by atoms with E-state index in [2.05, 4.69) is 41.9 Å². The molecule has 34 heavy (non-hydrogen) atoms. The second-order valence-electron chi connectivity index (χ2n) is 7.80. The fraction of sp³-hybridized carbons (Fsp3) is 0.375. The van der Waals surface area contributed by atoms with Gasteiger partial charge in [0.2, 0.25) is 5.91 Å². The maximum atomic E-state index is 12.6. The summed E-state index contributed by atoms with van der Waals surface area (Å²) in [7, 11) is 2.47. The number of hydrogen-bond acceptors (Lipinski definition) is 7. The van der Waals surface area contributed by atoms with Gasteiger partial charge in [-0.15, -0.1) is 0 Å². The van der Waals surface area contributed by atoms with Crippen LogP contribution in [0.3, 0.4) is 0 Å². The molecule has 1 amide bonds. The normalized spacial score (nSPS) is 11.6. The molecule has 0 aliphatic heterocycles. The minimum Gasteiger partial charge on any atom is -0.508 e. The van der Waals surface area contributed by atoms with E-state index < -0.39 is 23.9 Å². The van der Waals surface area contributed by atoms with E-state index in [1.54, 1.807) is 30.3 Å². The largest absolute Gasteiger partial charge is 0.508 e. The lowest BCUT2D eigenvalue weighted by Crippen LogP contribution is -2.42. The van der Waals surface area contributed by atoms with Crippen molar-refractivity contribution >= 4 is 49.7 Å². The Labute approximate surface area is 215 Å². The van der Waals surface area contributed by atoms with Gasteiger partial charge in [0.25, 0.3) is 0 Å². The van der Waals surface area contributed by atoms with Crippen LogP contribution in [-0.2, 0) is 30.3 Å². The number of phenolic OH excluding ortho intramolecular Hbond substituents is 1. The van der Waals surface area contributed by atoms with Crippen molar-refractivity contribution in [1.82, 2.24) is 5.32 Å². The summed E-state index contributed by atoms with van der Waals surface area (Å²) in [5.74, 6) is -0.141. The van der Waals surface area contributed by atoms with Crippen molar-refractivity contribution in [1.29, 1.82) is 0 Å². The predicted molar refractivity (Wildman–Crippen MR) is 133 cm³/mol. The van der Waals surface area contributed by atoms with Gasteiger partial charge in [0.15, 0.2) is 5.75 Å². The number of esters is 2. The summed E-state index contributed by atoms with van der Waals surface area (Å²) in [6.07, 6.45) is 0.0195. The molecule has 1 atom stereocenters. The van der Waals surface area contributed by atoms with Crippen LogP contribution in [0.5, 0.6) is 17.2 Å². The number of halogens is 2. The Hall–Kier alpha value is -2.59. The van der Waals surface area contributed by atoms with E-state index >= 15 is 0 Å². The summed E-state index contributed by atoms with van der Waals surface area (Å²) < 4.78 is 16.5. The standard InChI is InChI=1S/C24H27Br2NO7/c1-13(2)16-12-15(5-7-20(16)28)34-23-17(25)9-14(10-18(23)26)11-21(29)27-19(24(31)33-4)6-8-22(30)32-3/h5,7,9-10,12-13,19,28H,6,8,11H2,1-4H3,(H,27,29)/t19-/m0/s1. The third-order valence-electron chi connectivity index (χ3n) is 4.95. The molecule has 0 unspecified atom stereocenters. The number of aromatic hydroxyl groups is 1. The van der Waals surface area contributed by atoms with Crippen LogP contribution in [0, 0.1) is 0 Å². The molecule has 0 aromatic heterocycles. The van der Waals surface area contributed by atoms with Crippen LogP contribution >= 0.6 is 31.9 Å². The minimum atomic E-state index is -0.962. The lowest BCUT2D eigenvalue weighted by atomic mass is 10.0. The van der Waals surface area contributed by atoms with Crippen LogP contribution in [0.2, 0.25) is 0 Å². The zero-order valence-electron chi connectivity index (χ0n) is 19.3. The number of carbonyl (C=O) groups is 3. The van der Waals surface area contributed by atoms with Crippen molar-refractivity contribution in [2.75, 3.05) is 14.2 Å². The number of amides is 1. The average Bonchev–Trinajstić information content (AvgIpc) is 2.78. The molecular formula is C24H27Br2NO7. The Balaban J connectivity index is 2.13. The number of carbonyl (C=O) groups excluding carboxylic acids is 3. The van der Waals surface area contributed by atoms with Crippen LogP contribution in [-0.4, -0.2) is 43.2 Å². The molecule has 0 saturated heterocycles. The monoisotopic (exact) mass is 599 g/mol. The average molecular weight is 601 g/mol. The quantitative estimate of drug-likeness (QED) is 0.370. The molecule has 0 fully saturated rings. The Bertz CT molecular complexity index is 1030. The van der Waals surface area contributed by atoms with Gasteiger partial charge in [-0.3, -0.25) is 9.59 Å². The van der Waals surface area contributed by atoms with Crippen molar-refractivity contribution in [2.24, 2.45) is 0 Å². The van der Waals surface area contributed by atoms with Crippen LogP contribution in [0.1, 0.15) is 43.7 Å². The second-order valence-corrected chi connectivity index (χ2v) is 9.51. The minimum absolute atomic E-state index is 0.0140. The fourth-order valence-corrected chi connectivity index (χ4v) is 4.62. The van der Waals surface area contributed by atoms with Crippen molar-refractivity contribution in [2.45, 2.75) is 45.1 Å². The van der Waals surface area contributed by atoms with Crippen molar-refractivity contribution in [3.05, 3.63) is 50.4 Å². The summed E-state index contributed by atoms with van der Waals surface area (Å²) >= 11 is 6.96. The number of methoxy groups -OCH3 is 2. The highest BCUT2D eigenvalue weighted by Gasteiger charge is 2.23. The van der Waals surface area contributed by atoms with E-state index in [0.29, 0.717) is 26.0 Å². The molecule has 0 aliphatic carbocycles. The zero-order valence-corrected chi connectivity index (χ0v) is 22.5. The number of nitrogens with one attached hydrogen (secondary N) is 1. The molecule has 2 aromatic rings. The van der Waals surface area contributed by atoms with E-state index in [4.69, 9.17) is 9.47 Å². The Morgan fingerprint density at radius 1 is 1.03 bits per heavy atom. The molecule has 2 N–H and O–H groups in total. The number of benzene rings is 2. The Morgan fingerprint density at radius 3 is 2.24 bits per heavy atom. The molecule has 0 spiro atoms. The van der Waals surface area contributed by atoms with Crippen LogP contribution in [0.4, 0.5) is 0 Å². The highest BCUT2D eigenvalue weighted by molar-refractivity contribution is 9.11. The smallest absolute Gasteiger partial charge is 0.328 e. The molecule has 8 nitrogen and oxygen atoms in total. The molecular weight excluding hydrogens is 574 g/mol. The van der Waals surface area contributed by atoms with Crippen LogP contribution in [0.15, 0.2) is 39.3 Å². The van der Waals surface area contributed by atoms with Crippen molar-refractivity contribution < 1.29 is 33.7 Å². The molecule has 2 rings (SSSR count). The summed E-state index contributed by atoms with van der Waals surface area (Å²) in [5.41, 5.74) is 1.43. The lowest BCUT2D eigenvalue weighted by Gasteiger charge is -2.17. The molecule has 184 valence electrons. The van der Waals surface area contributed by atoms with Gasteiger partial charge in [-0.05, 0) is 80.1 Å². The first-order valence-corrected chi connectivity index (χ1v) is 12.1. The number of phenols is 1. The fourth-order valence-electron chi connectivity index (χ4n) is 3.17. The highest BCUT2D eigenvalue weighted by atomic mass is 79.9. The number of rotatable bonds is 10. The third kappa shape index (κ3) is 7.73. The predicted octanol–water partition coefficient (Wildman–Crippen LogP) is 4.99. The van der Waals surface area contributed by atoms with E-state index in [-0.39, 0.29) is 30.9 Å². The molecule has 2 aromatic carbocycles. The maximum Gasteiger partial charge on any atom is 0.328 e. The van der Waals surface area contributed by atoms with Crippen LogP contribution < -0.4 is 10.1 Å². The number of hydrogen-bond donors (Lipinski definition) is 2. The maximum absolute atomic E-state index is 12.6. The van der Waals surface area contributed by atoms with E-state index in [9.17, 15) is 19.5 Å². The van der Waals surface area contributed by atoms with E-state index in [1.807, 2.05) is 13.8 Å². The first-order chi connectivity index (χ1) is 16.0. The molecule has 0 saturated carbocycles. The van der Waals surface area contributed by atoms with Crippen LogP contribution in [0.25, 0.3) is 0 Å². The van der Waals surface area contributed by atoms with Gasteiger partial charge >= 0.3 is 11.9 Å². The van der Waals surface area contributed by atoms with E-state index in [1.165, 1.54) is 14.2 Å². The number of ether oxygens (including phenoxy) is 3. The van der Waals surface area contributed by atoms with Crippen molar-refractivity contribution in [3.8, 4) is 17.2 Å². The van der Waals surface area contributed by atoms with Gasteiger partial charge < -0.3 is 24.6 Å². The second kappa shape index (κ2) is 12.8. The Kier molecular flexibility index (Phi) is 10.4. The first-order valence-electron chi connectivity index (χ1n) is 10.5. The topological polar surface area (TPSA) is 111 Å². The van der Waals surface area contributed by atoms with Gasteiger partial charge in [-0.25, -0.2) is 4.79 Å². The van der Waals surface area contributed by atoms with Gasteiger partial charge in [0, 0.05) is 12.0 Å². The molecule has 10 heteroatoms. The van der Waals surface area contributed by atoms with Gasteiger partial charge in [-0.2, -0.15) is 0 Å². The SMILES string of the molecule is COC(=O)CC[C@H](NC(=O)Cc1cc(Br)c(Oc2ccc(O)c(C(C)C)c2)c(Br)c1)C(=O)OC. The summed E-state index contributed by atoms with van der Waals surface area (Å²) in [6, 6.07) is 7.56. The third-order valence-corrected chi connectivity index (χ3v) is 6.13. The summed E-state index contributed by atoms with van der Waals surface area (Å²) in [5, 5.41) is 12.6. The molecule has 0 bridgehead atoms. The zero-order chi connectivity index (χ0) is 25.4. The summed E-state index contributed by atoms with van der Waals surface area (Å²) in [4.78, 5) is 35.9. The molecule has 0 aliphatic rings. The molecule has 0 radical (unpaired) electrons. The van der Waals surface area contributed by atoms with Gasteiger partial charge in [-0.1, -0.05) is 13.8 Å². The van der Waals surface area contributed by atoms with Gasteiger partial charge in [0.05, 0.1) is 29.6 Å². The Morgan fingerprint density at radius 2 is 1.68 bits per heavy atom. The molecule has 0 heterocycles.